The number of hydrogen-bond donors (Lipinski definition) is 0. The highest BCUT2D eigenvalue weighted by Gasteiger charge is 2.02. The third-order valence-corrected chi connectivity index (χ3v) is 3.57. The smallest absolute Gasteiger partial charge is 0.0306 e. The molecule has 2 aromatic carbocycles. The van der Waals surface area contributed by atoms with Gasteiger partial charge in [-0.1, -0.05) is 86.8 Å². The summed E-state index contributed by atoms with van der Waals surface area (Å²) in [4.78, 5) is 0. The molecule has 0 heterocycles. The molecule has 0 aliphatic rings. The predicted octanol–water partition coefficient (Wildman–Crippen LogP) is 6.24. The molecule has 0 amide bonds. The molecule has 0 heteroatoms. The summed E-state index contributed by atoms with van der Waals surface area (Å²) in [5, 5.41) is 0. The van der Waals surface area contributed by atoms with Crippen molar-refractivity contribution in [2.24, 2.45) is 0 Å². The zero-order chi connectivity index (χ0) is 14.8. The van der Waals surface area contributed by atoms with E-state index in [0.717, 1.165) is 6.42 Å². The molecule has 2 aromatic rings. The molecule has 108 valence electrons. The van der Waals surface area contributed by atoms with Crippen molar-refractivity contribution >= 4 is 5.57 Å². The fourth-order valence-corrected chi connectivity index (χ4v) is 2.39. The van der Waals surface area contributed by atoms with Crippen LogP contribution < -0.4 is 0 Å². The second-order valence-corrected chi connectivity index (χ2v) is 5.30. The van der Waals surface area contributed by atoms with E-state index in [-0.39, 0.29) is 0 Å². The Labute approximate surface area is 128 Å². The van der Waals surface area contributed by atoms with Crippen molar-refractivity contribution in [2.45, 2.75) is 39.0 Å². The molecule has 0 aromatic heterocycles. The minimum Gasteiger partial charge on any atom is -0.116 e. The molecule has 2 rings (SSSR count). The number of hydrogen-bond acceptors (Lipinski definition) is 0. The molecule has 0 unspecified atom stereocenters. The average Bonchev–Trinajstić information content (AvgIpc) is 2.56. The van der Waals surface area contributed by atoms with Gasteiger partial charge in [0.25, 0.3) is 0 Å². The van der Waals surface area contributed by atoms with Crippen LogP contribution in [-0.2, 0) is 0 Å². The van der Waals surface area contributed by atoms with Crippen molar-refractivity contribution in [3.8, 4) is 0 Å². The van der Waals surface area contributed by atoms with E-state index in [2.05, 4.69) is 79.4 Å². The summed E-state index contributed by atoms with van der Waals surface area (Å²) in [7, 11) is 0. The van der Waals surface area contributed by atoms with E-state index in [1.54, 1.807) is 0 Å². The van der Waals surface area contributed by atoms with Crippen LogP contribution in [0.4, 0.5) is 0 Å². The van der Waals surface area contributed by atoms with E-state index in [4.69, 9.17) is 0 Å². The van der Waals surface area contributed by atoms with Gasteiger partial charge in [0, 0.05) is 5.57 Å². The monoisotopic (exact) mass is 276 g/mol. The highest BCUT2D eigenvalue weighted by atomic mass is 14.0. The lowest BCUT2D eigenvalue weighted by atomic mass is 9.98. The van der Waals surface area contributed by atoms with Gasteiger partial charge >= 0.3 is 0 Å². The second kappa shape index (κ2) is 9.00. The number of allylic oxidation sites excluding steroid dienone is 1. The highest BCUT2D eigenvalue weighted by Crippen LogP contribution is 2.22. The van der Waals surface area contributed by atoms with Crippen molar-refractivity contribution in [1.29, 1.82) is 0 Å². The quantitative estimate of drug-likeness (QED) is 0.414. The molecule has 0 N–H and O–H groups in total. The third kappa shape index (κ3) is 5.10. The van der Waals surface area contributed by atoms with Crippen LogP contribution in [0.1, 0.15) is 50.2 Å². The standard InChI is InChI=1S/C21H24/c1-2-3-4-5-6-13-18-21(19-14-9-7-10-15-19)20-16-11-8-12-17-20/h7-17H,2-6H2,1H3. The summed E-state index contributed by atoms with van der Waals surface area (Å²) >= 11 is 0. The van der Waals surface area contributed by atoms with Gasteiger partial charge in [0.2, 0.25) is 0 Å². The maximum atomic E-state index is 3.52. The van der Waals surface area contributed by atoms with Crippen molar-refractivity contribution < 1.29 is 0 Å². The van der Waals surface area contributed by atoms with Gasteiger partial charge in [-0.25, -0.2) is 0 Å². The first-order valence-corrected chi connectivity index (χ1v) is 7.98. The molecule has 0 fully saturated rings. The Kier molecular flexibility index (Phi) is 6.58. The minimum absolute atomic E-state index is 1.11. The van der Waals surface area contributed by atoms with Gasteiger partial charge in [0.1, 0.15) is 0 Å². The summed E-state index contributed by atoms with van der Waals surface area (Å²) in [6.45, 7) is 2.25. The van der Waals surface area contributed by atoms with Crippen molar-refractivity contribution in [2.75, 3.05) is 0 Å². The highest BCUT2D eigenvalue weighted by molar-refractivity contribution is 5.79. The maximum absolute atomic E-state index is 3.52. The van der Waals surface area contributed by atoms with Crippen LogP contribution in [0.5, 0.6) is 0 Å². The minimum atomic E-state index is 1.11. The van der Waals surface area contributed by atoms with Crippen LogP contribution in [0.3, 0.4) is 0 Å². The summed E-state index contributed by atoms with van der Waals surface area (Å²) in [6, 6.07) is 21.1. The molecular formula is C21H24. The molecular weight excluding hydrogens is 252 g/mol. The Bertz CT molecular complexity index is 530. The number of unbranched alkanes of at least 4 members (excludes halogenated alkanes) is 4. The number of benzene rings is 2. The van der Waals surface area contributed by atoms with E-state index in [1.165, 1.54) is 42.4 Å². The SMILES string of the molecule is CCCCCCC=C=C(c1ccccc1)c1ccccc1. The molecule has 0 bridgehead atoms. The van der Waals surface area contributed by atoms with Crippen LogP contribution >= 0.6 is 0 Å². The van der Waals surface area contributed by atoms with Gasteiger partial charge in [-0.3, -0.25) is 0 Å². The molecule has 0 aliphatic carbocycles. The lowest BCUT2D eigenvalue weighted by Gasteiger charge is -2.05. The first kappa shape index (κ1) is 15.4. The Hall–Kier alpha value is -2.04. The predicted molar refractivity (Wildman–Crippen MR) is 92.2 cm³/mol. The Morgan fingerprint density at radius 2 is 1.38 bits per heavy atom. The summed E-state index contributed by atoms with van der Waals surface area (Å²) in [6.07, 6.45) is 8.52. The Morgan fingerprint density at radius 1 is 0.810 bits per heavy atom. The van der Waals surface area contributed by atoms with E-state index >= 15 is 0 Å². The lowest BCUT2D eigenvalue weighted by molar-refractivity contribution is 0.675. The van der Waals surface area contributed by atoms with Gasteiger partial charge in [-0.05, 0) is 30.0 Å². The van der Waals surface area contributed by atoms with Crippen molar-refractivity contribution in [3.63, 3.8) is 0 Å². The van der Waals surface area contributed by atoms with Crippen LogP contribution in [0, 0.1) is 0 Å². The van der Waals surface area contributed by atoms with Gasteiger partial charge in [0.05, 0.1) is 0 Å². The van der Waals surface area contributed by atoms with Crippen LogP contribution in [-0.4, -0.2) is 0 Å². The Balaban J connectivity index is 2.19. The van der Waals surface area contributed by atoms with Gasteiger partial charge in [0.15, 0.2) is 0 Å². The molecule has 21 heavy (non-hydrogen) atoms. The first-order chi connectivity index (χ1) is 10.4. The second-order valence-electron chi connectivity index (χ2n) is 5.30. The molecule has 0 spiro atoms. The van der Waals surface area contributed by atoms with Crippen LogP contribution in [0.2, 0.25) is 0 Å². The topological polar surface area (TPSA) is 0 Å². The maximum Gasteiger partial charge on any atom is 0.0306 e. The molecule has 0 aliphatic heterocycles. The fraction of sp³-hybridized carbons (Fsp3) is 0.286. The fourth-order valence-electron chi connectivity index (χ4n) is 2.39. The van der Waals surface area contributed by atoms with Crippen molar-refractivity contribution in [3.05, 3.63) is 83.6 Å². The molecule has 0 saturated carbocycles. The van der Waals surface area contributed by atoms with E-state index in [1.807, 2.05) is 0 Å². The molecule has 0 radical (unpaired) electrons. The number of rotatable bonds is 7. The normalized spacial score (nSPS) is 9.95. The average molecular weight is 276 g/mol. The van der Waals surface area contributed by atoms with Gasteiger partial charge in [-0.2, -0.15) is 0 Å². The van der Waals surface area contributed by atoms with Gasteiger partial charge in [-0.15, -0.1) is 5.73 Å². The van der Waals surface area contributed by atoms with Crippen LogP contribution in [0.25, 0.3) is 5.57 Å². The van der Waals surface area contributed by atoms with Crippen molar-refractivity contribution in [1.82, 2.24) is 0 Å². The Morgan fingerprint density at radius 3 is 1.90 bits per heavy atom. The zero-order valence-electron chi connectivity index (χ0n) is 12.9. The van der Waals surface area contributed by atoms with E-state index in [0.29, 0.717) is 0 Å². The third-order valence-electron chi connectivity index (χ3n) is 3.57. The molecule has 0 nitrogen and oxygen atoms in total. The molecule has 0 atom stereocenters. The lowest BCUT2D eigenvalue weighted by Crippen LogP contribution is -1.85. The largest absolute Gasteiger partial charge is 0.116 e. The summed E-state index contributed by atoms with van der Waals surface area (Å²) < 4.78 is 0. The molecule has 0 saturated heterocycles. The zero-order valence-corrected chi connectivity index (χ0v) is 12.9. The van der Waals surface area contributed by atoms with Crippen LogP contribution in [0.15, 0.2) is 72.5 Å². The van der Waals surface area contributed by atoms with E-state index < -0.39 is 0 Å². The van der Waals surface area contributed by atoms with Gasteiger partial charge < -0.3 is 0 Å². The summed E-state index contributed by atoms with van der Waals surface area (Å²) in [5.41, 5.74) is 7.17. The first-order valence-electron chi connectivity index (χ1n) is 7.98. The summed E-state index contributed by atoms with van der Waals surface area (Å²) in [5.74, 6) is 0. The van der Waals surface area contributed by atoms with E-state index in [9.17, 15) is 0 Å².